The van der Waals surface area contributed by atoms with Crippen LogP contribution in [0.25, 0.3) is 0 Å². The van der Waals surface area contributed by atoms with Gasteiger partial charge in [-0.05, 0) is 77.6 Å². The normalized spacial score (nSPS) is 15.0. The number of benzene rings is 4. The first kappa shape index (κ1) is 75.9. The topological polar surface area (TPSA) is 179 Å². The van der Waals surface area contributed by atoms with Crippen molar-refractivity contribution in [2.75, 3.05) is 81.3 Å². The molecule has 0 aliphatic heterocycles. The summed E-state index contributed by atoms with van der Waals surface area (Å²) in [7, 11) is 6.62. The molecule has 0 spiro atoms. The van der Waals surface area contributed by atoms with Crippen molar-refractivity contribution in [2.45, 2.75) is 233 Å². The van der Waals surface area contributed by atoms with Crippen LogP contribution < -0.4 is 37.9 Å². The molecule has 92 heavy (non-hydrogen) atoms. The fourth-order valence-corrected chi connectivity index (χ4v) is 12.8. The molecule has 1 aliphatic rings. The van der Waals surface area contributed by atoms with Gasteiger partial charge in [0.25, 0.3) is 0 Å². The molecular formula is C76H112O16. The summed E-state index contributed by atoms with van der Waals surface area (Å²) >= 11 is 0. The summed E-state index contributed by atoms with van der Waals surface area (Å²) < 4.78 is 75.1. The summed E-state index contributed by atoms with van der Waals surface area (Å²) in [6.45, 7) is 15.2. The second-order valence-corrected chi connectivity index (χ2v) is 23.9. The number of methoxy groups -OCH3 is 4. The van der Waals surface area contributed by atoms with E-state index in [2.05, 4.69) is 52.0 Å². The first-order valence-electron chi connectivity index (χ1n) is 34.8. The van der Waals surface area contributed by atoms with Crippen molar-refractivity contribution in [1.82, 2.24) is 0 Å². The number of ether oxygens (including phenoxy) is 12. The minimum atomic E-state index is -0.513. The summed E-state index contributed by atoms with van der Waals surface area (Å²) in [5.41, 5.74) is 6.62. The summed E-state index contributed by atoms with van der Waals surface area (Å²) in [5.74, 6) is 0.108. The van der Waals surface area contributed by atoms with Crippen LogP contribution in [0.2, 0.25) is 0 Å². The van der Waals surface area contributed by atoms with Crippen molar-refractivity contribution in [1.29, 1.82) is 0 Å². The molecule has 512 valence electrons. The summed E-state index contributed by atoms with van der Waals surface area (Å²) in [6, 6.07) is 16.4. The van der Waals surface area contributed by atoms with Gasteiger partial charge in [-0.25, -0.2) is 19.2 Å². The molecule has 4 aromatic rings. The number of carbonyl (C=O) groups is 4. The summed E-state index contributed by atoms with van der Waals surface area (Å²) in [4.78, 5) is 53.9. The summed E-state index contributed by atoms with van der Waals surface area (Å²) in [6.07, 6.45) is 22.6. The predicted octanol–water partition coefficient (Wildman–Crippen LogP) is 17.8. The zero-order valence-electron chi connectivity index (χ0n) is 58.1. The number of esters is 4. The van der Waals surface area contributed by atoms with E-state index in [1.165, 1.54) is 0 Å². The average Bonchev–Trinajstić information content (AvgIpc) is 0.953. The second-order valence-electron chi connectivity index (χ2n) is 23.9. The van der Waals surface area contributed by atoms with E-state index < -0.39 is 47.5 Å². The van der Waals surface area contributed by atoms with E-state index in [0.29, 0.717) is 71.7 Å². The lowest BCUT2D eigenvalue weighted by Crippen LogP contribution is -2.19. The highest BCUT2D eigenvalue weighted by Crippen LogP contribution is 2.54. The molecule has 0 heterocycles. The molecule has 4 unspecified atom stereocenters. The Balaban J connectivity index is 2.16. The molecule has 8 bridgehead atoms. The smallest absolute Gasteiger partial charge is 0.344 e. The monoisotopic (exact) mass is 1280 g/mol. The maximum atomic E-state index is 13.5. The van der Waals surface area contributed by atoms with E-state index in [9.17, 15) is 19.2 Å². The van der Waals surface area contributed by atoms with Crippen molar-refractivity contribution < 1.29 is 76.0 Å². The van der Waals surface area contributed by atoms with Gasteiger partial charge in [0.2, 0.25) is 0 Å². The molecule has 5 rings (SSSR count). The molecule has 0 radical (unpaired) electrons. The number of unbranched alkanes of at least 4 members (excludes halogenated alkanes) is 16. The highest BCUT2D eigenvalue weighted by atomic mass is 16.6. The molecule has 1 aliphatic carbocycles. The van der Waals surface area contributed by atoms with Gasteiger partial charge in [-0.3, -0.25) is 0 Å². The first-order chi connectivity index (χ1) is 44.8. The lowest BCUT2D eigenvalue weighted by atomic mass is 9.76. The number of hydrogen-bond donors (Lipinski definition) is 0. The van der Waals surface area contributed by atoms with Crippen LogP contribution in [-0.2, 0) is 38.1 Å². The molecule has 4 aromatic carbocycles. The third-order valence-electron chi connectivity index (χ3n) is 17.4. The Kier molecular flexibility index (Phi) is 35.0. The van der Waals surface area contributed by atoms with Crippen LogP contribution in [0.3, 0.4) is 0 Å². The zero-order valence-corrected chi connectivity index (χ0v) is 58.1. The van der Waals surface area contributed by atoms with E-state index in [1.54, 1.807) is 56.1 Å². The lowest BCUT2D eigenvalue weighted by molar-refractivity contribution is -0.146. The molecule has 0 saturated heterocycles. The van der Waals surface area contributed by atoms with Gasteiger partial charge in [-0.15, -0.1) is 0 Å². The fourth-order valence-electron chi connectivity index (χ4n) is 12.8. The number of fused-ring (bicyclic) bond motifs is 8. The molecule has 0 fully saturated rings. The highest BCUT2D eigenvalue weighted by molar-refractivity contribution is 5.73. The second kappa shape index (κ2) is 42.4. The Morgan fingerprint density at radius 3 is 0.620 bits per heavy atom. The van der Waals surface area contributed by atoms with Crippen LogP contribution in [0.4, 0.5) is 0 Å². The Labute approximate surface area is 551 Å². The van der Waals surface area contributed by atoms with Gasteiger partial charge in [0.1, 0.15) is 46.0 Å². The Morgan fingerprint density at radius 2 is 0.446 bits per heavy atom. The fraction of sp³-hybridized carbons (Fsp3) is 0.632. The first-order valence-corrected chi connectivity index (χ1v) is 34.8. The van der Waals surface area contributed by atoms with E-state index in [1.807, 2.05) is 24.3 Å². The van der Waals surface area contributed by atoms with Gasteiger partial charge in [0.05, 0.1) is 54.9 Å². The van der Waals surface area contributed by atoms with Crippen LogP contribution in [-0.4, -0.2) is 105 Å². The van der Waals surface area contributed by atoms with Gasteiger partial charge < -0.3 is 56.8 Å². The SMILES string of the molecule is CCCCCCCC1c2cc(c(OCC(=O)OCC)cc2OC)C(CCCCCCC)c2cc(c(OCC(=O)OCC)cc2OC)C(CCCCCCC)c2cc(c(OCC(=O)OCC)cc2OC)C(CCCCCCC)c2cc1c(OCC(=O)OCC)cc2OC. The minimum Gasteiger partial charge on any atom is -0.496 e. The Bertz CT molecular complexity index is 2480. The predicted molar refractivity (Wildman–Crippen MR) is 361 cm³/mol. The Morgan fingerprint density at radius 1 is 0.261 bits per heavy atom. The minimum absolute atomic E-state index is 0.182. The maximum Gasteiger partial charge on any atom is 0.344 e. The van der Waals surface area contributed by atoms with Crippen molar-refractivity contribution in [3.8, 4) is 46.0 Å². The molecule has 4 atom stereocenters. The number of rotatable bonds is 44. The number of carbonyl (C=O) groups excluding carboxylic acids is 4. The van der Waals surface area contributed by atoms with E-state index in [4.69, 9.17) is 56.8 Å². The van der Waals surface area contributed by atoms with Crippen molar-refractivity contribution in [2.24, 2.45) is 0 Å². The number of hydrogen-bond acceptors (Lipinski definition) is 16. The van der Waals surface area contributed by atoms with Crippen molar-refractivity contribution >= 4 is 23.9 Å². The molecule has 16 nitrogen and oxygen atoms in total. The van der Waals surface area contributed by atoms with Crippen molar-refractivity contribution in [3.63, 3.8) is 0 Å². The van der Waals surface area contributed by atoms with Gasteiger partial charge in [-0.2, -0.15) is 0 Å². The standard InChI is InChI=1S/C76H112O16/c1-13-21-25-29-33-37-53-57-41-62(70(45-65(57)81-9)90-50-74(78)86-18-6)55(39-35-31-27-23-15-3)59-43-64(72(47-67(59)83-11)92-52-76(80)88-20-8)56(40-36-32-28-24-16-4)60-44-63(71(48-68(60)84-12)91-51-75(79)87-19-7)54(38-34-30-26-22-14-2)58-42-61(53)69(46-66(58)82-10)89-49-73(77)85-17-5/h41-48,53-56H,13-40,49-52H2,1-12H3. The summed E-state index contributed by atoms with van der Waals surface area (Å²) in [5, 5.41) is 0. The quantitative estimate of drug-likeness (QED) is 0.0232. The third-order valence-corrected chi connectivity index (χ3v) is 17.4. The molecule has 0 saturated carbocycles. The van der Waals surface area contributed by atoms with Crippen LogP contribution >= 0.6 is 0 Å². The average molecular weight is 1280 g/mol. The van der Waals surface area contributed by atoms with Crippen LogP contribution in [0.5, 0.6) is 46.0 Å². The van der Waals surface area contributed by atoms with Gasteiger partial charge in [0.15, 0.2) is 26.4 Å². The van der Waals surface area contributed by atoms with Crippen LogP contribution in [0.1, 0.15) is 278 Å². The molecule has 0 N–H and O–H groups in total. The maximum absolute atomic E-state index is 13.5. The van der Waals surface area contributed by atoms with E-state index >= 15 is 0 Å². The molecule has 0 amide bonds. The van der Waals surface area contributed by atoms with E-state index in [-0.39, 0.29) is 52.9 Å². The van der Waals surface area contributed by atoms with Crippen molar-refractivity contribution in [3.05, 3.63) is 93.0 Å². The molecular weight excluding hydrogens is 1170 g/mol. The van der Waals surface area contributed by atoms with Gasteiger partial charge in [-0.1, -0.05) is 156 Å². The molecule has 16 heteroatoms. The highest BCUT2D eigenvalue weighted by Gasteiger charge is 2.36. The van der Waals surface area contributed by atoms with Crippen LogP contribution in [0, 0.1) is 0 Å². The van der Waals surface area contributed by atoms with Gasteiger partial charge >= 0.3 is 23.9 Å². The third kappa shape index (κ3) is 22.7. The Hall–Kier alpha value is -6.84. The largest absolute Gasteiger partial charge is 0.496 e. The van der Waals surface area contributed by atoms with Gasteiger partial charge in [0, 0.05) is 92.4 Å². The van der Waals surface area contributed by atoms with E-state index in [0.717, 1.165) is 173 Å². The molecule has 0 aromatic heterocycles. The zero-order chi connectivity index (χ0) is 66.6. The van der Waals surface area contributed by atoms with Crippen LogP contribution in [0.15, 0.2) is 48.5 Å². The lowest BCUT2D eigenvalue weighted by Gasteiger charge is -2.32.